The molecule has 338 valence electrons. The predicted octanol–water partition coefficient (Wildman–Crippen LogP) is 18.2. The summed E-state index contributed by atoms with van der Waals surface area (Å²) in [5.74, 6) is 1.51. The van der Waals surface area contributed by atoms with Gasteiger partial charge in [0.15, 0.2) is 0 Å². The maximum absolute atomic E-state index is 4.29. The van der Waals surface area contributed by atoms with E-state index in [0.29, 0.717) is 7.25 Å². The van der Waals surface area contributed by atoms with Crippen LogP contribution in [0.15, 0.2) is 132 Å². The molecule has 0 amide bonds. The van der Waals surface area contributed by atoms with Crippen molar-refractivity contribution in [3.8, 4) is 44.5 Å². The first-order valence-electron chi connectivity index (χ1n) is 26.0. The average molecular weight is 963 g/mol. The molecule has 0 aliphatic heterocycles. The van der Waals surface area contributed by atoms with Crippen LogP contribution in [0.4, 0.5) is 0 Å². The fraction of sp³-hybridized carbons (Fsp3) is 0.375. The SMILES string of the molecule is Cc1ccc(-c2ccc(-c3ccc(C)cc3)c3c2C=C(CC2CCCCCC2)[CH]3[Zr]([CH3])([CH3])(=[SiH2])[CH]2C(CC3CCCCCC3)=Cc3c(-c4ccc(C)cc4)ccc(-c4ccc(C)cc4)c32)cc1. The second-order valence-electron chi connectivity index (χ2n) is 22.8. The second kappa shape index (κ2) is 18.8. The van der Waals surface area contributed by atoms with Crippen molar-refractivity contribution < 1.29 is 17.4 Å². The predicted molar refractivity (Wildman–Crippen MR) is 287 cm³/mol. The minimum absolute atomic E-state index is 0.423. The van der Waals surface area contributed by atoms with E-state index in [1.165, 1.54) is 168 Å². The van der Waals surface area contributed by atoms with Gasteiger partial charge >= 0.3 is 404 Å². The third kappa shape index (κ3) is 9.01. The standard InChI is InChI=1S/2C31H33.2CH3.H2Si.Zr/c2*1-22-9-13-26(14-10-22)28-17-18-29(27-15-11-23(2)12-16-27)31-21-25(20-30(28)31)19-24-7-5-3-4-6-8-24;;;;/h2*9-18,20-21,24H,3-8,19H2,1-2H3;2*1H3;1H2;. The Morgan fingerprint density at radius 1 is 0.379 bits per heavy atom. The van der Waals surface area contributed by atoms with Gasteiger partial charge < -0.3 is 0 Å². The van der Waals surface area contributed by atoms with Gasteiger partial charge in [-0.25, -0.2) is 0 Å². The van der Waals surface area contributed by atoms with Crippen molar-refractivity contribution in [3.63, 3.8) is 0 Å². The van der Waals surface area contributed by atoms with Crippen LogP contribution in [0.1, 0.15) is 142 Å². The Labute approximate surface area is 401 Å². The minimum atomic E-state index is -4.29. The summed E-state index contributed by atoms with van der Waals surface area (Å²) < 4.78 is 6.76. The van der Waals surface area contributed by atoms with Gasteiger partial charge in [0, 0.05) is 0 Å². The normalized spacial score (nSPS) is 19.4. The average Bonchev–Trinajstić information content (AvgIpc) is 3.64. The molecular weight excluding hydrogens is 888 g/mol. The molecule has 4 aliphatic rings. The Morgan fingerprint density at radius 2 is 0.652 bits per heavy atom. The summed E-state index contributed by atoms with van der Waals surface area (Å²) in [4.78, 5) is 0. The van der Waals surface area contributed by atoms with Gasteiger partial charge in [0.05, 0.1) is 0 Å². The first kappa shape index (κ1) is 45.7. The van der Waals surface area contributed by atoms with Crippen molar-refractivity contribution >= 4 is 19.0 Å². The molecule has 0 spiro atoms. The Kier molecular flexibility index (Phi) is 13.0. The number of rotatable bonds is 10. The van der Waals surface area contributed by atoms with Crippen LogP contribution < -0.4 is 0 Å². The van der Waals surface area contributed by atoms with Crippen LogP contribution >= 0.6 is 0 Å². The summed E-state index contributed by atoms with van der Waals surface area (Å²) in [6.07, 6.45) is 24.7. The Morgan fingerprint density at radius 3 is 0.955 bits per heavy atom. The molecule has 0 aromatic heterocycles. The molecule has 0 N–H and O–H groups in total. The summed E-state index contributed by atoms with van der Waals surface area (Å²) in [5.41, 5.74) is 26.4. The first-order valence-corrected chi connectivity index (χ1v) is 39.7. The van der Waals surface area contributed by atoms with Gasteiger partial charge in [-0.3, -0.25) is 0 Å². The van der Waals surface area contributed by atoms with Gasteiger partial charge in [0.2, 0.25) is 0 Å². The molecule has 0 saturated heterocycles. The molecular formula is C64H74SiZr. The fourth-order valence-corrected chi connectivity index (χ4v) is 33.0. The van der Waals surface area contributed by atoms with Crippen LogP contribution in [-0.2, 0) is 17.4 Å². The van der Waals surface area contributed by atoms with Gasteiger partial charge in [-0.1, -0.05) is 0 Å². The molecule has 4 aliphatic carbocycles. The molecule has 66 heavy (non-hydrogen) atoms. The number of allylic oxidation sites excluding steroid dienone is 2. The summed E-state index contributed by atoms with van der Waals surface area (Å²) in [5, 5.41) is 0. The molecule has 2 heteroatoms. The van der Waals surface area contributed by atoms with Crippen LogP contribution in [0.2, 0.25) is 9.26 Å². The van der Waals surface area contributed by atoms with E-state index in [2.05, 4.69) is 177 Å². The van der Waals surface area contributed by atoms with Crippen molar-refractivity contribution in [1.82, 2.24) is 0 Å². The van der Waals surface area contributed by atoms with E-state index in [9.17, 15) is 0 Å². The number of hydrogen-bond acceptors (Lipinski definition) is 0. The maximum atomic E-state index is 2.95. The van der Waals surface area contributed by atoms with E-state index in [1.54, 1.807) is 22.3 Å². The van der Waals surface area contributed by atoms with Gasteiger partial charge in [0.25, 0.3) is 0 Å². The van der Waals surface area contributed by atoms with Gasteiger partial charge in [-0.15, -0.1) is 0 Å². The second-order valence-corrected chi connectivity index (χ2v) is 53.3. The van der Waals surface area contributed by atoms with Crippen LogP contribution in [0.25, 0.3) is 56.7 Å². The van der Waals surface area contributed by atoms with E-state index in [0.717, 1.165) is 11.8 Å². The molecule has 10 rings (SSSR count). The molecule has 6 aromatic carbocycles. The summed E-state index contributed by atoms with van der Waals surface area (Å²) in [6.45, 7) is 11.5. The summed E-state index contributed by atoms with van der Waals surface area (Å²) in [6, 6.07) is 48.0. The molecule has 2 unspecified atom stereocenters. The zero-order valence-electron chi connectivity index (χ0n) is 41.1. The van der Waals surface area contributed by atoms with Gasteiger partial charge in [-0.2, -0.15) is 0 Å². The van der Waals surface area contributed by atoms with E-state index in [4.69, 9.17) is 0 Å². The fourth-order valence-electron chi connectivity index (χ4n) is 13.5. The summed E-state index contributed by atoms with van der Waals surface area (Å²) >= 11 is -4.29. The molecule has 2 saturated carbocycles. The number of fused-ring (bicyclic) bond motifs is 2. The van der Waals surface area contributed by atoms with Crippen LogP contribution in [0.5, 0.6) is 0 Å². The molecule has 0 radical (unpaired) electrons. The van der Waals surface area contributed by atoms with E-state index in [1.807, 2.05) is 0 Å². The Bertz CT molecular complexity index is 2650. The van der Waals surface area contributed by atoms with Crippen molar-refractivity contribution in [1.29, 1.82) is 0 Å². The molecule has 0 heterocycles. The number of aryl methyl sites for hydroxylation is 4. The zero-order valence-corrected chi connectivity index (χ0v) is 45.0. The monoisotopic (exact) mass is 960 g/mol. The third-order valence-electron chi connectivity index (χ3n) is 16.9. The van der Waals surface area contributed by atoms with Gasteiger partial charge in [0.1, 0.15) is 0 Å². The van der Waals surface area contributed by atoms with Crippen molar-refractivity contribution in [3.05, 3.63) is 177 Å². The Balaban J connectivity index is 1.26. The quantitative estimate of drug-likeness (QED) is 0.0948. The van der Waals surface area contributed by atoms with Gasteiger partial charge in [-0.05, 0) is 0 Å². The molecule has 0 bridgehead atoms. The first-order chi connectivity index (χ1) is 31.9. The number of hydrogen-bond donors (Lipinski definition) is 0. The zero-order chi connectivity index (χ0) is 45.6. The molecule has 0 nitrogen and oxygen atoms in total. The number of benzene rings is 6. The van der Waals surface area contributed by atoms with E-state index in [-0.39, 0.29) is 0 Å². The molecule has 2 atom stereocenters. The van der Waals surface area contributed by atoms with Crippen molar-refractivity contribution in [2.45, 2.75) is 134 Å². The van der Waals surface area contributed by atoms with Crippen LogP contribution in [0.3, 0.4) is 0 Å². The molecule has 6 aromatic rings. The van der Waals surface area contributed by atoms with Crippen LogP contribution in [-0.4, -0.2) is 6.88 Å². The Hall–Kier alpha value is -4.10. The summed E-state index contributed by atoms with van der Waals surface area (Å²) in [7, 11) is 0. The third-order valence-corrected chi connectivity index (χ3v) is 34.3. The van der Waals surface area contributed by atoms with Crippen molar-refractivity contribution in [2.24, 2.45) is 11.8 Å². The van der Waals surface area contributed by atoms with Crippen molar-refractivity contribution in [2.75, 3.05) is 0 Å². The topological polar surface area (TPSA) is 0 Å². The van der Waals surface area contributed by atoms with Crippen LogP contribution in [0, 0.1) is 39.5 Å². The van der Waals surface area contributed by atoms with E-state index < -0.39 is 17.4 Å². The molecule has 2 fully saturated rings. The van der Waals surface area contributed by atoms with E-state index >= 15 is 0 Å².